The van der Waals surface area contributed by atoms with Crippen molar-refractivity contribution in [2.75, 3.05) is 13.1 Å². The van der Waals surface area contributed by atoms with Gasteiger partial charge in [-0.3, -0.25) is 0 Å². The molecule has 2 heterocycles. The topological polar surface area (TPSA) is 90.1 Å². The lowest BCUT2D eigenvalue weighted by atomic mass is 10.0. The molecule has 1 atom stereocenters. The number of hydrogen-bond acceptors (Lipinski definition) is 7. The Kier molecular flexibility index (Phi) is 7.96. The minimum atomic E-state index is -0.525. The van der Waals surface area contributed by atoms with Crippen LogP contribution in [0, 0.1) is 0 Å². The molecular formula is C32H34N4O4. The van der Waals surface area contributed by atoms with Crippen molar-refractivity contribution in [3.63, 3.8) is 0 Å². The summed E-state index contributed by atoms with van der Waals surface area (Å²) in [5.74, 6) is 1.05. The van der Waals surface area contributed by atoms with Gasteiger partial charge < -0.3 is 19.0 Å². The minimum Gasteiger partial charge on any atom is -0.444 e. The number of oxime groups is 1. The molecule has 0 aliphatic carbocycles. The van der Waals surface area contributed by atoms with Crippen LogP contribution >= 0.6 is 0 Å². The Morgan fingerprint density at radius 2 is 1.65 bits per heavy atom. The van der Waals surface area contributed by atoms with E-state index < -0.39 is 5.60 Å². The molecule has 40 heavy (non-hydrogen) atoms. The van der Waals surface area contributed by atoms with E-state index in [0.717, 1.165) is 28.8 Å². The summed E-state index contributed by atoms with van der Waals surface area (Å²) in [6, 6.07) is 26.4. The van der Waals surface area contributed by atoms with Gasteiger partial charge in [-0.05, 0) is 56.4 Å². The lowest BCUT2D eigenvalue weighted by Gasteiger charge is -2.24. The van der Waals surface area contributed by atoms with Crippen LogP contribution < -0.4 is 0 Å². The average Bonchev–Trinajstić information content (AvgIpc) is 3.64. The highest BCUT2D eigenvalue weighted by atomic mass is 16.6. The predicted octanol–water partition coefficient (Wildman–Crippen LogP) is 7.07. The van der Waals surface area contributed by atoms with Crippen LogP contribution in [0.25, 0.3) is 22.5 Å². The van der Waals surface area contributed by atoms with Crippen LogP contribution in [0.15, 0.2) is 88.5 Å². The highest BCUT2D eigenvalue weighted by molar-refractivity contribution is 5.98. The summed E-state index contributed by atoms with van der Waals surface area (Å²) < 4.78 is 11.0. The number of hydrogen-bond donors (Lipinski definition) is 0. The van der Waals surface area contributed by atoms with Gasteiger partial charge in [0.15, 0.2) is 0 Å². The van der Waals surface area contributed by atoms with Gasteiger partial charge in [-0.15, -0.1) is 0 Å². The molecule has 5 rings (SSSR count). The lowest BCUT2D eigenvalue weighted by molar-refractivity contribution is 0.0291. The zero-order chi connectivity index (χ0) is 28.1. The maximum atomic E-state index is 12.4. The highest BCUT2D eigenvalue weighted by Gasteiger charge is 2.33. The zero-order valence-electron chi connectivity index (χ0n) is 23.3. The van der Waals surface area contributed by atoms with Crippen molar-refractivity contribution in [3.8, 4) is 22.5 Å². The van der Waals surface area contributed by atoms with Crippen molar-refractivity contribution in [3.05, 3.63) is 95.9 Å². The van der Waals surface area contributed by atoms with Gasteiger partial charge >= 0.3 is 6.09 Å². The molecule has 3 aromatic carbocycles. The zero-order valence-corrected chi connectivity index (χ0v) is 23.3. The molecule has 206 valence electrons. The first-order valence-corrected chi connectivity index (χ1v) is 13.5. The summed E-state index contributed by atoms with van der Waals surface area (Å²) in [6.45, 7) is 8.99. The van der Waals surface area contributed by atoms with Crippen LogP contribution in [0.3, 0.4) is 0 Å². The summed E-state index contributed by atoms with van der Waals surface area (Å²) in [5.41, 5.74) is 5.44. The number of carbonyl (C=O) groups is 1. The maximum Gasteiger partial charge on any atom is 0.410 e. The molecule has 1 saturated heterocycles. The van der Waals surface area contributed by atoms with E-state index in [0.29, 0.717) is 31.4 Å². The molecule has 0 unspecified atom stereocenters. The van der Waals surface area contributed by atoms with Crippen molar-refractivity contribution in [2.45, 2.75) is 52.2 Å². The molecule has 0 saturated carbocycles. The van der Waals surface area contributed by atoms with Crippen LogP contribution in [0.5, 0.6) is 0 Å². The van der Waals surface area contributed by atoms with Gasteiger partial charge in [0.05, 0.1) is 11.6 Å². The maximum absolute atomic E-state index is 12.4. The molecule has 0 N–H and O–H groups in total. The summed E-state index contributed by atoms with van der Waals surface area (Å²) in [5, 5.41) is 8.46. The fourth-order valence-electron chi connectivity index (χ4n) is 4.51. The van der Waals surface area contributed by atoms with Gasteiger partial charge in [0.25, 0.3) is 0 Å². The number of ether oxygens (including phenoxy) is 1. The third-order valence-electron chi connectivity index (χ3n) is 6.69. The van der Waals surface area contributed by atoms with Crippen molar-refractivity contribution < 1.29 is 18.9 Å². The number of benzene rings is 3. The number of nitrogens with zero attached hydrogens (tertiary/aromatic N) is 4. The van der Waals surface area contributed by atoms with E-state index in [4.69, 9.17) is 14.1 Å². The third kappa shape index (κ3) is 6.75. The van der Waals surface area contributed by atoms with Gasteiger partial charge in [0, 0.05) is 18.7 Å². The second-order valence-electron chi connectivity index (χ2n) is 11.0. The molecule has 1 aliphatic rings. The molecule has 1 amide bonds. The van der Waals surface area contributed by atoms with Gasteiger partial charge in [-0.1, -0.05) is 89.2 Å². The first kappa shape index (κ1) is 27.1. The Morgan fingerprint density at radius 3 is 2.35 bits per heavy atom. The number of rotatable bonds is 7. The molecule has 4 aromatic rings. The second-order valence-corrected chi connectivity index (χ2v) is 11.0. The van der Waals surface area contributed by atoms with E-state index in [-0.39, 0.29) is 12.0 Å². The van der Waals surface area contributed by atoms with Crippen LogP contribution in [0.2, 0.25) is 0 Å². The monoisotopic (exact) mass is 538 g/mol. The molecule has 8 nitrogen and oxygen atoms in total. The molecule has 1 fully saturated rings. The minimum absolute atomic E-state index is 0.00545. The average molecular weight is 539 g/mol. The van der Waals surface area contributed by atoms with E-state index in [1.807, 2.05) is 70.2 Å². The first-order chi connectivity index (χ1) is 19.2. The van der Waals surface area contributed by atoms with Gasteiger partial charge in [0.1, 0.15) is 12.2 Å². The van der Waals surface area contributed by atoms with Crippen molar-refractivity contribution in [1.29, 1.82) is 0 Å². The summed E-state index contributed by atoms with van der Waals surface area (Å²) in [6.07, 6.45) is 0.444. The summed E-state index contributed by atoms with van der Waals surface area (Å²) in [7, 11) is 0. The molecule has 1 aromatic heterocycles. The lowest BCUT2D eigenvalue weighted by Crippen LogP contribution is -2.35. The van der Waals surface area contributed by atoms with Gasteiger partial charge in [-0.2, -0.15) is 4.98 Å². The van der Waals surface area contributed by atoms with Crippen molar-refractivity contribution in [1.82, 2.24) is 15.0 Å². The van der Waals surface area contributed by atoms with E-state index >= 15 is 0 Å². The molecular weight excluding hydrogens is 504 g/mol. The number of likely N-dealkylation sites (tertiary alicyclic amines) is 1. The normalized spacial score (nSPS) is 15.8. The van der Waals surface area contributed by atoms with Crippen LogP contribution in [-0.2, 0) is 16.2 Å². The predicted molar refractivity (Wildman–Crippen MR) is 154 cm³/mol. The van der Waals surface area contributed by atoms with Crippen molar-refractivity contribution >= 4 is 11.8 Å². The van der Waals surface area contributed by atoms with Gasteiger partial charge in [-0.25, -0.2) is 4.79 Å². The molecule has 1 aliphatic heterocycles. The van der Waals surface area contributed by atoms with Crippen LogP contribution in [-0.4, -0.2) is 45.5 Å². The molecule has 8 heteroatoms. The summed E-state index contributed by atoms with van der Waals surface area (Å²) in [4.78, 5) is 24.3. The second kappa shape index (κ2) is 11.7. The highest BCUT2D eigenvalue weighted by Crippen LogP contribution is 2.29. The van der Waals surface area contributed by atoms with Crippen LogP contribution in [0.1, 0.15) is 57.1 Å². The number of amides is 1. The third-order valence-corrected chi connectivity index (χ3v) is 6.69. The fraction of sp³-hybridized carbons (Fsp3) is 0.312. The van der Waals surface area contributed by atoms with Gasteiger partial charge in [0.2, 0.25) is 11.7 Å². The molecule has 0 radical (unpaired) electrons. The first-order valence-electron chi connectivity index (χ1n) is 13.5. The Bertz CT molecular complexity index is 1460. The standard InChI is InChI=1S/C32H34N4O4/c1-22(34-38-21-23-10-12-26(13-11-23)25-8-6-5-7-9-25)24-14-16-27(17-15-24)29-33-30(40-35-29)28-18-19-36(20-28)31(37)39-32(2,3)4/h5-17,28H,18-21H2,1-4H3/b34-22+/t28-/m0/s1. The van der Waals surface area contributed by atoms with Crippen molar-refractivity contribution in [2.24, 2.45) is 5.16 Å². The SMILES string of the molecule is C/C(=N\OCc1ccc(-c2ccccc2)cc1)c1ccc(-c2noc([C@H]3CCN(C(=O)OC(C)(C)C)C3)n2)cc1. The van der Waals surface area contributed by atoms with E-state index in [2.05, 4.69) is 51.7 Å². The quantitative estimate of drug-likeness (QED) is 0.185. The molecule has 0 spiro atoms. The largest absolute Gasteiger partial charge is 0.444 e. The van der Waals surface area contributed by atoms with E-state index in [1.165, 1.54) is 11.1 Å². The Morgan fingerprint density at radius 1 is 0.975 bits per heavy atom. The Hall–Kier alpha value is -4.46. The Balaban J connectivity index is 1.15. The summed E-state index contributed by atoms with van der Waals surface area (Å²) >= 11 is 0. The molecule has 0 bridgehead atoms. The van der Waals surface area contributed by atoms with E-state index in [1.54, 1.807) is 4.90 Å². The number of aromatic nitrogens is 2. The smallest absolute Gasteiger partial charge is 0.410 e. The van der Waals surface area contributed by atoms with E-state index in [9.17, 15) is 4.79 Å². The van der Waals surface area contributed by atoms with Crippen LogP contribution in [0.4, 0.5) is 4.79 Å². The fourth-order valence-corrected chi connectivity index (χ4v) is 4.51. The Labute approximate surface area is 234 Å². The number of carbonyl (C=O) groups excluding carboxylic acids is 1.